The summed E-state index contributed by atoms with van der Waals surface area (Å²) in [5.74, 6) is 0. The fourth-order valence-electron chi connectivity index (χ4n) is 1.37. The van der Waals surface area contributed by atoms with Gasteiger partial charge in [0.2, 0.25) is 0 Å². The summed E-state index contributed by atoms with van der Waals surface area (Å²) in [4.78, 5) is 0. The maximum atomic E-state index is 13.0. The van der Waals surface area contributed by atoms with Gasteiger partial charge in [-0.05, 0) is 0 Å². The first kappa shape index (κ1) is 18.4. The van der Waals surface area contributed by atoms with Crippen LogP contribution in [-0.4, -0.2) is 63.4 Å². The Morgan fingerprint density at radius 3 is 1.71 bits per heavy atom. The molecule has 0 N–H and O–H groups in total. The molecule has 1 saturated heterocycles. The van der Waals surface area contributed by atoms with Gasteiger partial charge in [0.05, 0.1) is 13.2 Å². The van der Waals surface area contributed by atoms with Gasteiger partial charge in [-0.3, -0.25) is 0 Å². The van der Waals surface area contributed by atoms with Gasteiger partial charge in [-0.15, -0.1) is 0 Å². The molecule has 7 nitrogen and oxygen atoms in total. The monoisotopic (exact) mass is 366 g/mol. The minimum Gasteiger partial charge on any atom is -0.379 e. The summed E-state index contributed by atoms with van der Waals surface area (Å²) in [6.45, 7) is -2.20. The van der Waals surface area contributed by atoms with Crippen molar-refractivity contribution in [3.8, 4) is 0 Å². The lowest BCUT2D eigenvalue weighted by Gasteiger charge is -2.34. The molecular weight excluding hydrogens is 358 g/mol. The van der Waals surface area contributed by atoms with E-state index in [9.17, 15) is 42.7 Å². The van der Waals surface area contributed by atoms with E-state index < -0.39 is 48.8 Å². The highest BCUT2D eigenvalue weighted by atomic mass is 32.3. The van der Waals surface area contributed by atoms with Crippen molar-refractivity contribution in [3.63, 3.8) is 0 Å². The Labute approximate surface area is 115 Å². The molecule has 0 aromatic heterocycles. The van der Waals surface area contributed by atoms with Gasteiger partial charge in [-0.25, -0.2) is 13.4 Å². The van der Waals surface area contributed by atoms with E-state index in [0.717, 1.165) is 0 Å². The summed E-state index contributed by atoms with van der Waals surface area (Å²) in [5.41, 5.74) is 0. The van der Waals surface area contributed by atoms with E-state index in [0.29, 0.717) is 0 Å². The topological polar surface area (TPSA) is 84.0 Å². The van der Waals surface area contributed by atoms with Crippen molar-refractivity contribution in [1.82, 2.24) is 8.83 Å². The largest absolute Gasteiger partial charge is 0.471 e. The van der Waals surface area contributed by atoms with Crippen LogP contribution in [0.5, 0.6) is 0 Å². The average molecular weight is 366 g/mol. The third-order valence-corrected chi connectivity index (χ3v) is 5.51. The number of hydrogen-bond donors (Lipinski definition) is 0. The van der Waals surface area contributed by atoms with Gasteiger partial charge >= 0.3 is 31.9 Å². The first-order chi connectivity index (χ1) is 9.23. The van der Waals surface area contributed by atoms with Crippen LogP contribution in [0, 0.1) is 0 Å². The maximum absolute atomic E-state index is 13.0. The fraction of sp³-hybridized carbons (Fsp3) is 1.00. The molecule has 0 saturated carbocycles. The summed E-state index contributed by atoms with van der Waals surface area (Å²) < 4.78 is 123. The minimum atomic E-state index is -6.93. The van der Waals surface area contributed by atoms with E-state index in [4.69, 9.17) is 0 Å². The van der Waals surface area contributed by atoms with Crippen LogP contribution in [0.2, 0.25) is 0 Å². The number of nitrogens with zero attached hydrogens (tertiary/aromatic N) is 2. The van der Waals surface area contributed by atoms with Crippen molar-refractivity contribution >= 4 is 20.4 Å². The molecule has 0 aromatic carbocycles. The molecule has 0 spiro atoms. The normalized spacial score (nSPS) is 20.0. The van der Waals surface area contributed by atoms with Crippen LogP contribution in [-0.2, 0) is 25.2 Å². The Morgan fingerprint density at radius 2 is 1.38 bits per heavy atom. The Morgan fingerprint density at radius 1 is 0.952 bits per heavy atom. The molecule has 21 heavy (non-hydrogen) atoms. The summed E-state index contributed by atoms with van der Waals surface area (Å²) in [5, 5.41) is -6.51. The van der Waals surface area contributed by atoms with Crippen molar-refractivity contribution in [3.05, 3.63) is 0 Å². The SMILES string of the molecule is O=S(=O)(F)N(N1CCOCC1)S(=O)(=O)C(F)(F)C(F)(F)F. The first-order valence-electron chi connectivity index (χ1n) is 4.99. The predicted molar refractivity (Wildman–Crippen MR) is 54.2 cm³/mol. The van der Waals surface area contributed by atoms with Gasteiger partial charge in [0.1, 0.15) is 0 Å². The molecule has 1 aliphatic heterocycles. The number of halogens is 6. The van der Waals surface area contributed by atoms with E-state index in [2.05, 4.69) is 4.74 Å². The molecule has 0 unspecified atom stereocenters. The molecule has 0 amide bonds. The van der Waals surface area contributed by atoms with Gasteiger partial charge < -0.3 is 4.74 Å². The molecule has 0 aliphatic carbocycles. The molecule has 1 fully saturated rings. The van der Waals surface area contributed by atoms with Crippen LogP contribution in [0.15, 0.2) is 0 Å². The Balaban J connectivity index is 3.39. The number of alkyl halides is 5. The number of sulfonamides is 1. The average Bonchev–Trinajstić information content (AvgIpc) is 2.26. The molecule has 0 atom stereocenters. The van der Waals surface area contributed by atoms with Crippen LogP contribution >= 0.6 is 0 Å². The Kier molecular flexibility index (Phi) is 4.85. The van der Waals surface area contributed by atoms with Crippen LogP contribution in [0.3, 0.4) is 0 Å². The highest BCUT2D eigenvalue weighted by molar-refractivity contribution is 8.02. The van der Waals surface area contributed by atoms with Crippen LogP contribution in [0.4, 0.5) is 25.8 Å². The third kappa shape index (κ3) is 3.41. The number of hydrazine groups is 1. The van der Waals surface area contributed by atoms with E-state index >= 15 is 0 Å². The summed E-state index contributed by atoms with van der Waals surface area (Å²) in [6, 6.07) is 0. The number of hydrogen-bond acceptors (Lipinski definition) is 6. The first-order valence-corrected chi connectivity index (χ1v) is 7.78. The standard InChI is InChI=1S/C6H8F6N2O5S2/c7-5(8,9)6(10,11)20(15,16)14(21(12,17)18)13-1-3-19-4-2-13/h1-4H2. The van der Waals surface area contributed by atoms with E-state index in [1.54, 1.807) is 0 Å². The second-order valence-corrected chi connectivity index (χ2v) is 6.92. The summed E-state index contributed by atoms with van der Waals surface area (Å²) in [7, 11) is -13.4. The van der Waals surface area contributed by atoms with Gasteiger partial charge in [0.15, 0.2) is 0 Å². The smallest absolute Gasteiger partial charge is 0.379 e. The van der Waals surface area contributed by atoms with Crippen molar-refractivity contribution in [1.29, 1.82) is 0 Å². The van der Waals surface area contributed by atoms with Gasteiger partial charge in [0, 0.05) is 16.9 Å². The molecule has 0 aromatic rings. The van der Waals surface area contributed by atoms with Crippen molar-refractivity contribution in [2.24, 2.45) is 0 Å². The lowest BCUT2D eigenvalue weighted by atomic mass is 10.5. The zero-order valence-electron chi connectivity index (χ0n) is 9.85. The van der Waals surface area contributed by atoms with E-state index in [1.165, 1.54) is 0 Å². The van der Waals surface area contributed by atoms with Crippen LogP contribution in [0.1, 0.15) is 0 Å². The fourth-order valence-corrected chi connectivity index (χ4v) is 3.98. The molecule has 1 rings (SSSR count). The van der Waals surface area contributed by atoms with Gasteiger partial charge in [0.25, 0.3) is 0 Å². The van der Waals surface area contributed by atoms with Crippen LogP contribution < -0.4 is 0 Å². The molecule has 1 aliphatic rings. The van der Waals surface area contributed by atoms with Gasteiger partial charge in [-0.1, -0.05) is 3.89 Å². The summed E-state index contributed by atoms with van der Waals surface area (Å²) >= 11 is 0. The van der Waals surface area contributed by atoms with E-state index in [-0.39, 0.29) is 18.2 Å². The second kappa shape index (κ2) is 5.53. The molecule has 1 heterocycles. The van der Waals surface area contributed by atoms with E-state index in [1.807, 2.05) is 0 Å². The van der Waals surface area contributed by atoms with Crippen molar-refractivity contribution in [2.75, 3.05) is 26.3 Å². The number of morpholine rings is 1. The summed E-state index contributed by atoms with van der Waals surface area (Å²) in [6.07, 6.45) is -6.62. The van der Waals surface area contributed by atoms with Gasteiger partial charge in [-0.2, -0.15) is 30.4 Å². The second-order valence-electron chi connectivity index (χ2n) is 3.71. The minimum absolute atomic E-state index is 0.0200. The quantitative estimate of drug-likeness (QED) is 0.523. The van der Waals surface area contributed by atoms with Crippen molar-refractivity contribution < 1.29 is 47.4 Å². The highest BCUT2D eigenvalue weighted by Crippen LogP contribution is 2.42. The number of ether oxygens (including phenoxy) is 1. The lowest BCUT2D eigenvalue weighted by molar-refractivity contribution is -0.243. The molecule has 15 heteroatoms. The van der Waals surface area contributed by atoms with Crippen molar-refractivity contribution in [2.45, 2.75) is 11.4 Å². The molecule has 126 valence electrons. The zero-order valence-corrected chi connectivity index (χ0v) is 11.5. The zero-order chi connectivity index (χ0) is 16.7. The maximum Gasteiger partial charge on any atom is 0.471 e. The molecule has 0 bridgehead atoms. The lowest BCUT2D eigenvalue weighted by Crippen LogP contribution is -2.60. The Hall–Kier alpha value is -0.640. The van der Waals surface area contributed by atoms with Crippen LogP contribution in [0.25, 0.3) is 0 Å². The highest BCUT2D eigenvalue weighted by Gasteiger charge is 2.71. The molecular formula is C6H8F6N2O5S2. The Bertz CT molecular complexity index is 581. The predicted octanol–water partition coefficient (Wildman–Crippen LogP) is 0.235. The third-order valence-electron chi connectivity index (χ3n) is 2.26. The number of rotatable bonds is 4. The molecule has 0 radical (unpaired) electrons.